The van der Waals surface area contributed by atoms with E-state index >= 15 is 0 Å². The number of thiophene rings is 1. The zero-order valence-corrected chi connectivity index (χ0v) is 15.9. The number of anilines is 1. The number of aryl methyl sites for hydroxylation is 1. The lowest BCUT2D eigenvalue weighted by molar-refractivity contribution is -0.127. The number of rotatable bonds is 6. The van der Waals surface area contributed by atoms with Crippen molar-refractivity contribution in [3.63, 3.8) is 0 Å². The Balaban J connectivity index is 1.83. The van der Waals surface area contributed by atoms with Crippen LogP contribution < -0.4 is 10.6 Å². The second-order valence-electron chi connectivity index (χ2n) is 5.70. The van der Waals surface area contributed by atoms with Gasteiger partial charge in [0.1, 0.15) is 5.00 Å². The van der Waals surface area contributed by atoms with Crippen LogP contribution in [0.3, 0.4) is 0 Å². The molecule has 0 spiro atoms. The Morgan fingerprint density at radius 2 is 2.17 bits per heavy atom. The van der Waals surface area contributed by atoms with Crippen molar-refractivity contribution in [2.24, 2.45) is 0 Å². The molecule has 132 valence electrons. The minimum absolute atomic E-state index is 0.239. The van der Waals surface area contributed by atoms with E-state index in [2.05, 4.69) is 10.6 Å². The third kappa shape index (κ3) is 4.45. The number of ether oxygens (including phenoxy) is 1. The molecule has 1 fully saturated rings. The number of carbonyl (C=O) groups excluding carboxylic acids is 2. The van der Waals surface area contributed by atoms with Crippen molar-refractivity contribution < 1.29 is 14.3 Å². The molecule has 0 saturated carbocycles. The van der Waals surface area contributed by atoms with Gasteiger partial charge in [0, 0.05) is 30.9 Å². The van der Waals surface area contributed by atoms with Gasteiger partial charge in [0.25, 0.3) is 0 Å². The van der Waals surface area contributed by atoms with Gasteiger partial charge in [-0.05, 0) is 44.5 Å². The van der Waals surface area contributed by atoms with E-state index in [1.165, 1.54) is 18.4 Å². The summed E-state index contributed by atoms with van der Waals surface area (Å²) in [5.74, 6) is -0.127. The summed E-state index contributed by atoms with van der Waals surface area (Å²) < 4.78 is 4.84. The number of amides is 1. The third-order valence-corrected chi connectivity index (χ3v) is 5.43. The van der Waals surface area contributed by atoms with Crippen molar-refractivity contribution in [3.05, 3.63) is 16.0 Å². The van der Waals surface area contributed by atoms with Gasteiger partial charge < -0.3 is 20.3 Å². The minimum atomic E-state index is -0.366. The van der Waals surface area contributed by atoms with E-state index in [9.17, 15) is 9.59 Å². The molecule has 8 heteroatoms. The smallest absolute Gasteiger partial charge is 0.341 e. The zero-order chi connectivity index (χ0) is 17.7. The molecule has 1 amide bonds. The molecule has 1 aliphatic heterocycles. The normalized spacial score (nSPS) is 14.0. The summed E-state index contributed by atoms with van der Waals surface area (Å²) in [6, 6.07) is 0. The monoisotopic (exact) mass is 369 g/mol. The maximum atomic E-state index is 11.9. The SMILES string of the molecule is COC(=O)c1c(NC(=S)NCCCN2CCCC2=O)sc(C)c1C. The van der Waals surface area contributed by atoms with Gasteiger partial charge in [-0.1, -0.05) is 0 Å². The van der Waals surface area contributed by atoms with Gasteiger partial charge in [-0.3, -0.25) is 4.79 Å². The fourth-order valence-electron chi connectivity index (χ4n) is 2.62. The molecule has 2 N–H and O–H groups in total. The standard InChI is InChI=1S/C16H23N3O3S2/c1-10-11(2)24-14(13(10)15(21)22-3)18-16(23)17-7-5-9-19-8-4-6-12(19)20/h4-9H2,1-3H3,(H2,17,18,23). The van der Waals surface area contributed by atoms with Gasteiger partial charge in [-0.25, -0.2) is 4.79 Å². The van der Waals surface area contributed by atoms with Crippen LogP contribution in [0.4, 0.5) is 5.00 Å². The van der Waals surface area contributed by atoms with Crippen molar-refractivity contribution in [1.82, 2.24) is 10.2 Å². The molecular formula is C16H23N3O3S2. The molecular weight excluding hydrogens is 346 g/mol. The van der Waals surface area contributed by atoms with Crippen molar-refractivity contribution in [2.45, 2.75) is 33.1 Å². The summed E-state index contributed by atoms with van der Waals surface area (Å²) in [7, 11) is 1.37. The molecule has 0 unspecified atom stereocenters. The summed E-state index contributed by atoms with van der Waals surface area (Å²) >= 11 is 6.77. The van der Waals surface area contributed by atoms with E-state index < -0.39 is 0 Å². The summed E-state index contributed by atoms with van der Waals surface area (Å²) in [4.78, 5) is 26.4. The number of methoxy groups -OCH3 is 1. The van der Waals surface area contributed by atoms with Gasteiger partial charge in [-0.2, -0.15) is 0 Å². The first-order valence-corrected chi connectivity index (χ1v) is 9.17. The van der Waals surface area contributed by atoms with Crippen LogP contribution in [0.1, 0.15) is 40.1 Å². The third-order valence-electron chi connectivity index (χ3n) is 4.06. The van der Waals surface area contributed by atoms with E-state index in [1.807, 2.05) is 18.7 Å². The van der Waals surface area contributed by atoms with Crippen LogP contribution in [0, 0.1) is 13.8 Å². The number of carbonyl (C=O) groups is 2. The van der Waals surface area contributed by atoms with Crippen molar-refractivity contribution in [3.8, 4) is 0 Å². The first kappa shape index (κ1) is 18.7. The van der Waals surface area contributed by atoms with E-state index in [1.54, 1.807) is 0 Å². The van der Waals surface area contributed by atoms with Crippen LogP contribution in [0.5, 0.6) is 0 Å². The Morgan fingerprint density at radius 3 is 2.79 bits per heavy atom. The second kappa shape index (κ2) is 8.43. The van der Waals surface area contributed by atoms with E-state index in [0.717, 1.165) is 36.4 Å². The molecule has 1 aromatic rings. The molecule has 0 bridgehead atoms. The molecule has 2 heterocycles. The molecule has 0 aliphatic carbocycles. The number of hydrogen-bond donors (Lipinski definition) is 2. The molecule has 6 nitrogen and oxygen atoms in total. The van der Waals surface area contributed by atoms with Crippen molar-refractivity contribution in [2.75, 3.05) is 32.1 Å². The average Bonchev–Trinajstić information content (AvgIpc) is 3.07. The Labute approximate surface area is 151 Å². The molecule has 1 aliphatic rings. The number of likely N-dealkylation sites (tertiary alicyclic amines) is 1. The number of nitrogens with zero attached hydrogens (tertiary/aromatic N) is 1. The molecule has 1 aromatic heterocycles. The number of hydrogen-bond acceptors (Lipinski definition) is 5. The average molecular weight is 370 g/mol. The fraction of sp³-hybridized carbons (Fsp3) is 0.562. The summed E-state index contributed by atoms with van der Waals surface area (Å²) in [5, 5.41) is 7.37. The Hall–Kier alpha value is -1.67. The van der Waals surface area contributed by atoms with Gasteiger partial charge in [-0.15, -0.1) is 11.3 Å². The Morgan fingerprint density at radius 1 is 1.42 bits per heavy atom. The van der Waals surface area contributed by atoms with Gasteiger partial charge in [0.15, 0.2) is 5.11 Å². The van der Waals surface area contributed by atoms with Crippen LogP contribution >= 0.6 is 23.6 Å². The number of esters is 1. The van der Waals surface area contributed by atoms with Crippen molar-refractivity contribution >= 4 is 45.5 Å². The lowest BCUT2D eigenvalue weighted by Crippen LogP contribution is -2.33. The van der Waals surface area contributed by atoms with E-state index in [4.69, 9.17) is 17.0 Å². The highest BCUT2D eigenvalue weighted by molar-refractivity contribution is 7.80. The highest BCUT2D eigenvalue weighted by Gasteiger charge is 2.21. The van der Waals surface area contributed by atoms with Crippen LogP contribution in [-0.4, -0.2) is 48.6 Å². The molecule has 0 aromatic carbocycles. The minimum Gasteiger partial charge on any atom is -0.465 e. The van der Waals surface area contributed by atoms with Crippen LogP contribution in [-0.2, 0) is 9.53 Å². The van der Waals surface area contributed by atoms with Gasteiger partial charge >= 0.3 is 5.97 Å². The highest BCUT2D eigenvalue weighted by Crippen LogP contribution is 2.32. The molecule has 2 rings (SSSR count). The van der Waals surface area contributed by atoms with Crippen LogP contribution in [0.15, 0.2) is 0 Å². The predicted octanol–water partition coefficient (Wildman–Crippen LogP) is 2.45. The van der Waals surface area contributed by atoms with Crippen LogP contribution in [0.2, 0.25) is 0 Å². The van der Waals surface area contributed by atoms with Crippen molar-refractivity contribution in [1.29, 1.82) is 0 Å². The Bertz CT molecular complexity index is 643. The fourth-order valence-corrected chi connectivity index (χ4v) is 3.94. The predicted molar refractivity (Wildman–Crippen MR) is 99.8 cm³/mol. The molecule has 0 atom stereocenters. The largest absolute Gasteiger partial charge is 0.465 e. The lowest BCUT2D eigenvalue weighted by atomic mass is 10.1. The lowest BCUT2D eigenvalue weighted by Gasteiger charge is -2.16. The van der Waals surface area contributed by atoms with Gasteiger partial charge in [0.2, 0.25) is 5.91 Å². The summed E-state index contributed by atoms with van der Waals surface area (Å²) in [6.07, 6.45) is 2.46. The number of nitrogens with one attached hydrogen (secondary N) is 2. The summed E-state index contributed by atoms with van der Waals surface area (Å²) in [6.45, 7) is 6.14. The maximum Gasteiger partial charge on any atom is 0.341 e. The highest BCUT2D eigenvalue weighted by atomic mass is 32.1. The molecule has 1 saturated heterocycles. The van der Waals surface area contributed by atoms with E-state index in [-0.39, 0.29) is 11.9 Å². The van der Waals surface area contributed by atoms with Gasteiger partial charge in [0.05, 0.1) is 12.7 Å². The second-order valence-corrected chi connectivity index (χ2v) is 7.33. The Kier molecular flexibility index (Phi) is 6.56. The first-order valence-electron chi connectivity index (χ1n) is 7.95. The quantitative estimate of drug-likeness (QED) is 0.456. The number of thiocarbonyl (C=S) groups is 1. The summed E-state index contributed by atoms with van der Waals surface area (Å²) in [5.41, 5.74) is 1.44. The molecule has 0 radical (unpaired) electrons. The van der Waals surface area contributed by atoms with E-state index in [0.29, 0.717) is 28.6 Å². The topological polar surface area (TPSA) is 70.7 Å². The molecule has 24 heavy (non-hydrogen) atoms. The first-order chi connectivity index (χ1) is 11.4. The zero-order valence-electron chi connectivity index (χ0n) is 14.2. The maximum absolute atomic E-state index is 11.9. The van der Waals surface area contributed by atoms with Crippen LogP contribution in [0.25, 0.3) is 0 Å².